The van der Waals surface area contributed by atoms with E-state index in [2.05, 4.69) is 100 Å². The van der Waals surface area contributed by atoms with Gasteiger partial charge in [0.1, 0.15) is 0 Å². The van der Waals surface area contributed by atoms with Crippen LogP contribution in [-0.2, 0) is 0 Å². The Labute approximate surface area is 335 Å². The topological polar surface area (TPSA) is 74.3 Å². The largest absolute Gasteiger partial charge is 0.276 e. The maximum Gasteiger partial charge on any atom is 0.238 e. The molecule has 0 amide bonds. The molecule has 0 radical (unpaired) electrons. The van der Waals surface area contributed by atoms with E-state index in [4.69, 9.17) is 24.9 Å². The molecule has 0 unspecified atom stereocenters. The third-order valence-electron chi connectivity index (χ3n) is 10.4. The molecule has 7 heteroatoms. The van der Waals surface area contributed by atoms with E-state index >= 15 is 0 Å². The fraction of sp³-hybridized carbons (Fsp3) is 0.0392. The average Bonchev–Trinajstić information content (AvgIpc) is 3.84. The van der Waals surface area contributed by atoms with Gasteiger partial charge in [-0.05, 0) is 18.2 Å². The number of para-hydroxylation sites is 2. The van der Waals surface area contributed by atoms with Gasteiger partial charge in [0.2, 0.25) is 11.9 Å². The molecule has 0 aliphatic rings. The number of hydrogen-bond acceptors (Lipinski definition) is 5. The van der Waals surface area contributed by atoms with E-state index in [0.717, 1.165) is 77.3 Å². The zero-order valence-electron chi connectivity index (χ0n) is 32.0. The van der Waals surface area contributed by atoms with Crippen LogP contribution in [0.15, 0.2) is 188 Å². The lowest BCUT2D eigenvalue weighted by molar-refractivity contribution is 0.949. The van der Waals surface area contributed by atoms with Crippen molar-refractivity contribution in [2.75, 3.05) is 0 Å². The van der Waals surface area contributed by atoms with E-state index in [9.17, 15) is 0 Å². The van der Waals surface area contributed by atoms with Crippen molar-refractivity contribution in [1.29, 1.82) is 0 Å². The van der Waals surface area contributed by atoms with Gasteiger partial charge in [0.25, 0.3) is 0 Å². The van der Waals surface area contributed by atoms with Gasteiger partial charge in [-0.15, -0.1) is 0 Å². The summed E-state index contributed by atoms with van der Waals surface area (Å²) in [6.07, 6.45) is 0. The van der Waals surface area contributed by atoms with Gasteiger partial charge in [0, 0.05) is 43.8 Å². The third kappa shape index (κ3) is 5.88. The van der Waals surface area contributed by atoms with Crippen molar-refractivity contribution in [3.63, 3.8) is 0 Å². The van der Waals surface area contributed by atoms with Crippen molar-refractivity contribution in [2.24, 2.45) is 0 Å². The van der Waals surface area contributed by atoms with Crippen LogP contribution in [0.3, 0.4) is 0 Å². The number of hydrogen-bond donors (Lipinski definition) is 0. The second kappa shape index (κ2) is 14.7. The van der Waals surface area contributed by atoms with Gasteiger partial charge in [-0.2, -0.15) is 9.97 Å². The minimum Gasteiger partial charge on any atom is -0.276 e. The Morgan fingerprint density at radius 1 is 0.310 bits per heavy atom. The highest BCUT2D eigenvalue weighted by molar-refractivity contribution is 6.23. The van der Waals surface area contributed by atoms with Crippen molar-refractivity contribution >= 4 is 43.6 Å². The second-order valence-corrected chi connectivity index (χ2v) is 13.7. The predicted molar refractivity (Wildman–Crippen MR) is 237 cm³/mol. The molecule has 0 atom stereocenters. The molecular formula is C51H37N7. The van der Waals surface area contributed by atoms with Crippen LogP contribution in [0.2, 0.25) is 0 Å². The van der Waals surface area contributed by atoms with Crippen molar-refractivity contribution in [3.05, 3.63) is 188 Å². The van der Waals surface area contributed by atoms with Crippen molar-refractivity contribution in [1.82, 2.24) is 34.1 Å². The lowest BCUT2D eigenvalue weighted by Gasteiger charge is -2.14. The summed E-state index contributed by atoms with van der Waals surface area (Å²) in [5.74, 6) is 2.29. The van der Waals surface area contributed by atoms with E-state index in [1.807, 2.05) is 111 Å². The first-order valence-corrected chi connectivity index (χ1v) is 19.6. The van der Waals surface area contributed by atoms with Gasteiger partial charge in [-0.3, -0.25) is 9.13 Å². The molecule has 4 heterocycles. The Hall–Kier alpha value is -7.77. The molecule has 11 aromatic rings. The van der Waals surface area contributed by atoms with Crippen LogP contribution in [0, 0.1) is 0 Å². The van der Waals surface area contributed by atoms with Gasteiger partial charge in [-0.25, -0.2) is 15.0 Å². The minimum absolute atomic E-state index is 0.525. The summed E-state index contributed by atoms with van der Waals surface area (Å²) in [5.41, 5.74) is 9.44. The molecule has 276 valence electrons. The minimum atomic E-state index is 0.525. The molecule has 0 saturated carbocycles. The van der Waals surface area contributed by atoms with Crippen LogP contribution in [0.4, 0.5) is 0 Å². The van der Waals surface area contributed by atoms with Gasteiger partial charge < -0.3 is 0 Å². The monoisotopic (exact) mass is 747 g/mol. The summed E-state index contributed by atoms with van der Waals surface area (Å²) >= 11 is 0. The number of nitrogens with zero attached hydrogens (tertiary/aromatic N) is 7. The van der Waals surface area contributed by atoms with E-state index < -0.39 is 0 Å². The van der Waals surface area contributed by atoms with Gasteiger partial charge in [-0.1, -0.05) is 184 Å². The molecule has 4 aromatic heterocycles. The Bertz CT molecular complexity index is 2890. The van der Waals surface area contributed by atoms with Crippen LogP contribution in [0.25, 0.3) is 101 Å². The summed E-state index contributed by atoms with van der Waals surface area (Å²) in [4.78, 5) is 26.2. The third-order valence-corrected chi connectivity index (χ3v) is 10.4. The summed E-state index contributed by atoms with van der Waals surface area (Å²) in [6, 6.07) is 64.3. The van der Waals surface area contributed by atoms with Gasteiger partial charge in [0.15, 0.2) is 11.6 Å². The Morgan fingerprint density at radius 3 is 1.07 bits per heavy atom. The quantitative estimate of drug-likeness (QED) is 0.169. The molecule has 58 heavy (non-hydrogen) atoms. The first kappa shape index (κ1) is 34.7. The van der Waals surface area contributed by atoms with E-state index in [0.29, 0.717) is 23.5 Å². The fourth-order valence-electron chi connectivity index (χ4n) is 7.86. The first-order valence-electron chi connectivity index (χ1n) is 19.6. The van der Waals surface area contributed by atoms with Crippen LogP contribution in [-0.4, -0.2) is 34.1 Å². The Morgan fingerprint density at radius 2 is 0.655 bits per heavy atom. The summed E-state index contributed by atoms with van der Waals surface area (Å²) in [6.45, 7) is 4.00. The van der Waals surface area contributed by atoms with E-state index in [1.54, 1.807) is 0 Å². The molecule has 7 nitrogen and oxygen atoms in total. The zero-order chi connectivity index (χ0) is 39.0. The smallest absolute Gasteiger partial charge is 0.238 e. The molecule has 0 bridgehead atoms. The maximum absolute atomic E-state index is 5.34. The summed E-state index contributed by atoms with van der Waals surface area (Å²) < 4.78 is 4.42. The molecule has 0 spiro atoms. The van der Waals surface area contributed by atoms with Crippen molar-refractivity contribution < 1.29 is 0 Å². The molecule has 0 aliphatic heterocycles. The molecule has 0 aliphatic carbocycles. The second-order valence-electron chi connectivity index (χ2n) is 13.7. The summed E-state index contributed by atoms with van der Waals surface area (Å²) in [5, 5.41) is 4.34. The lowest BCUT2D eigenvalue weighted by atomic mass is 10.1. The Balaban J connectivity index is 0.00000201. The van der Waals surface area contributed by atoms with E-state index in [1.165, 1.54) is 0 Å². The maximum atomic E-state index is 5.34. The zero-order valence-corrected chi connectivity index (χ0v) is 32.0. The first-order chi connectivity index (χ1) is 28.8. The molecule has 11 rings (SSSR count). The molecule has 0 fully saturated rings. The highest BCUT2D eigenvalue weighted by atomic mass is 15.2. The predicted octanol–water partition coefficient (Wildman–Crippen LogP) is 12.5. The number of aromatic nitrogens is 7. The van der Waals surface area contributed by atoms with Crippen molar-refractivity contribution in [3.8, 4) is 57.2 Å². The molecule has 0 saturated heterocycles. The van der Waals surface area contributed by atoms with Crippen molar-refractivity contribution in [2.45, 2.75) is 13.8 Å². The lowest BCUT2D eigenvalue weighted by Crippen LogP contribution is -2.08. The van der Waals surface area contributed by atoms with E-state index in [-0.39, 0.29) is 0 Å². The standard InChI is InChI=1S/C49H31N7.C2H6/c1-5-17-32(18-6-1)40-31-41(33-19-7-2-8-20-33)51-48(50-40)55-42-27-15-13-25-36(42)38-29-30-39-37-26-14-16-28-43(37)56(45(39)44(38)55)49-53-46(34-21-9-3-10-22-34)52-47(54-49)35-23-11-4-12-24-35;1-2/h1-31H;1-2H3. The fourth-order valence-corrected chi connectivity index (χ4v) is 7.86. The van der Waals surface area contributed by atoms with Crippen LogP contribution >= 0.6 is 0 Å². The van der Waals surface area contributed by atoms with Gasteiger partial charge in [0.05, 0.1) is 33.5 Å². The number of benzene rings is 7. The molecule has 0 N–H and O–H groups in total. The number of fused-ring (bicyclic) bond motifs is 7. The highest BCUT2D eigenvalue weighted by Crippen LogP contribution is 2.41. The SMILES string of the molecule is CC.c1ccc(-c2cc(-c3ccccc3)nc(-n3c4ccccc4c4ccc5c6ccccc6n(-c6nc(-c7ccccc7)nc(-c7ccccc7)n6)c5c43)n2)cc1. The normalized spacial score (nSPS) is 11.3. The van der Waals surface area contributed by atoms with Gasteiger partial charge >= 0.3 is 0 Å². The van der Waals surface area contributed by atoms with Crippen LogP contribution in [0.5, 0.6) is 0 Å². The summed E-state index contributed by atoms with van der Waals surface area (Å²) in [7, 11) is 0. The van der Waals surface area contributed by atoms with Crippen LogP contribution < -0.4 is 0 Å². The van der Waals surface area contributed by atoms with Crippen LogP contribution in [0.1, 0.15) is 13.8 Å². The molecule has 7 aromatic carbocycles. The average molecular weight is 748 g/mol. The number of rotatable bonds is 6. The Kier molecular flexibility index (Phi) is 8.80. The highest BCUT2D eigenvalue weighted by Gasteiger charge is 2.24. The molecular weight excluding hydrogens is 711 g/mol.